The number of hydrogen-bond acceptors (Lipinski definition) is 7. The molecule has 0 spiro atoms. The van der Waals surface area contributed by atoms with Crippen molar-refractivity contribution < 1.29 is 21.9 Å². The summed E-state index contributed by atoms with van der Waals surface area (Å²) in [6.45, 7) is 1.16. The first-order valence-electron chi connectivity index (χ1n) is 4.07. The van der Waals surface area contributed by atoms with Gasteiger partial charge in [0.05, 0.1) is 7.11 Å². The zero-order valence-electron chi connectivity index (χ0n) is 10.1. The zero-order chi connectivity index (χ0) is 13.1. The molecule has 1 unspecified atom stereocenters. The number of aliphatic hydroxyl groups excluding tert-OH is 1. The summed E-state index contributed by atoms with van der Waals surface area (Å²) >= 11 is 0. The summed E-state index contributed by atoms with van der Waals surface area (Å²) in [6.07, 6.45) is -1.37. The van der Waals surface area contributed by atoms with Gasteiger partial charge in [-0.15, -0.1) is 0 Å². The van der Waals surface area contributed by atoms with E-state index in [1.807, 2.05) is 26.0 Å². The van der Waals surface area contributed by atoms with Crippen molar-refractivity contribution >= 4 is 10.4 Å². The number of nitrogens with zero attached hydrogens (tertiary/aromatic N) is 1. The number of aliphatic hydroxyl groups is 1. The highest BCUT2D eigenvalue weighted by Crippen LogP contribution is 1.95. The summed E-state index contributed by atoms with van der Waals surface area (Å²) in [7, 11) is 4.47. The van der Waals surface area contributed by atoms with Gasteiger partial charge >= 0.3 is 10.4 Å². The summed E-state index contributed by atoms with van der Waals surface area (Å²) in [6, 6.07) is 0. The monoisotopic (exact) mass is 246 g/mol. The first kappa shape index (κ1) is 20.2. The maximum Gasteiger partial charge on any atom is 0.402 e. The van der Waals surface area contributed by atoms with E-state index in [1.165, 1.54) is 7.05 Å². The maximum atomic E-state index is 10.2. The lowest BCUT2D eigenvalue weighted by molar-refractivity contribution is -0.00533. The van der Waals surface area contributed by atoms with Crippen molar-refractivity contribution in [2.75, 3.05) is 35.3 Å². The van der Waals surface area contributed by atoms with Crippen molar-refractivity contribution in [3.63, 3.8) is 0 Å². The molecule has 0 aromatic rings. The molecule has 0 amide bonds. The Hall–Kier alpha value is -0.250. The summed E-state index contributed by atoms with van der Waals surface area (Å²) < 4.78 is 28.1. The fraction of sp³-hybridized carbons (Fsp3) is 1.00. The van der Waals surface area contributed by atoms with E-state index >= 15 is 0 Å². The Morgan fingerprint density at radius 3 is 1.60 bits per heavy atom. The molecular formula is C7H22N2O5S. The van der Waals surface area contributed by atoms with Crippen LogP contribution in [0, 0.1) is 0 Å². The first-order chi connectivity index (χ1) is 6.71. The van der Waals surface area contributed by atoms with E-state index in [1.54, 1.807) is 0 Å². The van der Waals surface area contributed by atoms with E-state index in [9.17, 15) is 8.42 Å². The minimum Gasteiger partial charge on any atom is -0.367 e. The summed E-state index contributed by atoms with van der Waals surface area (Å²) in [5, 5.41) is 8.34. The summed E-state index contributed by atoms with van der Waals surface area (Å²) in [4.78, 5) is 2.00. The van der Waals surface area contributed by atoms with Gasteiger partial charge in [0.25, 0.3) is 0 Å². The van der Waals surface area contributed by atoms with Crippen LogP contribution in [-0.4, -0.2) is 60.0 Å². The second-order valence-corrected chi connectivity index (χ2v) is 3.95. The van der Waals surface area contributed by atoms with Crippen molar-refractivity contribution in [3.05, 3.63) is 0 Å². The van der Waals surface area contributed by atoms with Gasteiger partial charge in [-0.3, -0.25) is 4.18 Å². The molecule has 1 atom stereocenters. The third-order valence-corrected chi connectivity index (χ3v) is 1.38. The van der Waals surface area contributed by atoms with Gasteiger partial charge in [0.15, 0.2) is 6.29 Å². The molecule has 0 aromatic carbocycles. The van der Waals surface area contributed by atoms with E-state index < -0.39 is 16.7 Å². The SMILES string of the molecule is CN.CN(C)C.COS(=O)(=O)OC(C)O. The third-order valence-electron chi connectivity index (χ3n) is 0.461. The second kappa shape index (κ2) is 11.8. The fourth-order valence-electron chi connectivity index (χ4n) is 0.210. The van der Waals surface area contributed by atoms with Gasteiger partial charge in [0.2, 0.25) is 0 Å². The van der Waals surface area contributed by atoms with E-state index in [-0.39, 0.29) is 0 Å². The van der Waals surface area contributed by atoms with Crippen molar-refractivity contribution in [2.24, 2.45) is 5.73 Å². The van der Waals surface area contributed by atoms with E-state index in [2.05, 4.69) is 14.1 Å². The van der Waals surface area contributed by atoms with Crippen molar-refractivity contribution in [3.8, 4) is 0 Å². The van der Waals surface area contributed by atoms with Crippen LogP contribution in [0.5, 0.6) is 0 Å². The van der Waals surface area contributed by atoms with Crippen LogP contribution >= 0.6 is 0 Å². The Labute approximate surface area is 92.1 Å². The minimum absolute atomic E-state index is 0.942. The molecule has 15 heavy (non-hydrogen) atoms. The molecule has 0 heterocycles. The molecule has 0 saturated carbocycles. The largest absolute Gasteiger partial charge is 0.402 e. The lowest BCUT2D eigenvalue weighted by Gasteiger charge is -2.02. The van der Waals surface area contributed by atoms with Crippen LogP contribution in [-0.2, 0) is 18.8 Å². The van der Waals surface area contributed by atoms with Crippen molar-refractivity contribution in [1.82, 2.24) is 4.90 Å². The van der Waals surface area contributed by atoms with Crippen LogP contribution in [0.3, 0.4) is 0 Å². The highest BCUT2D eigenvalue weighted by atomic mass is 32.3. The minimum atomic E-state index is -3.97. The van der Waals surface area contributed by atoms with Gasteiger partial charge in [0, 0.05) is 0 Å². The molecule has 0 fully saturated rings. The normalized spacial score (nSPS) is 12.1. The highest BCUT2D eigenvalue weighted by Gasteiger charge is 2.11. The smallest absolute Gasteiger partial charge is 0.367 e. The van der Waals surface area contributed by atoms with E-state index in [0.717, 1.165) is 14.0 Å². The molecule has 8 heteroatoms. The lowest BCUT2D eigenvalue weighted by Crippen LogP contribution is -2.15. The fourth-order valence-corrected chi connectivity index (χ4v) is 0.630. The average molecular weight is 246 g/mol. The molecule has 96 valence electrons. The molecule has 0 rings (SSSR count). The van der Waals surface area contributed by atoms with Crippen LogP contribution < -0.4 is 5.73 Å². The molecule has 0 radical (unpaired) electrons. The van der Waals surface area contributed by atoms with Crippen LogP contribution in [0.1, 0.15) is 6.92 Å². The first-order valence-corrected chi connectivity index (χ1v) is 5.40. The molecule has 3 N–H and O–H groups in total. The zero-order valence-corrected chi connectivity index (χ0v) is 10.9. The van der Waals surface area contributed by atoms with Gasteiger partial charge in [-0.25, -0.2) is 4.18 Å². The van der Waals surface area contributed by atoms with Crippen LogP contribution in [0.15, 0.2) is 0 Å². The van der Waals surface area contributed by atoms with Gasteiger partial charge < -0.3 is 15.7 Å². The Morgan fingerprint density at radius 1 is 1.27 bits per heavy atom. The molecule has 7 nitrogen and oxygen atoms in total. The van der Waals surface area contributed by atoms with Gasteiger partial charge in [-0.2, -0.15) is 8.42 Å². The van der Waals surface area contributed by atoms with Gasteiger partial charge in [0.1, 0.15) is 0 Å². The van der Waals surface area contributed by atoms with Crippen LogP contribution in [0.2, 0.25) is 0 Å². The molecular weight excluding hydrogens is 224 g/mol. The molecule has 0 aliphatic rings. The Balaban J connectivity index is -0.000000202. The summed E-state index contributed by atoms with van der Waals surface area (Å²) in [5.41, 5.74) is 4.50. The topological polar surface area (TPSA) is 102 Å². The number of hydrogen-bond donors (Lipinski definition) is 2. The van der Waals surface area contributed by atoms with Crippen molar-refractivity contribution in [1.29, 1.82) is 0 Å². The summed E-state index contributed by atoms with van der Waals surface area (Å²) in [5.74, 6) is 0. The van der Waals surface area contributed by atoms with Crippen molar-refractivity contribution in [2.45, 2.75) is 13.2 Å². The number of nitrogens with two attached hydrogens (primary N) is 1. The third kappa shape index (κ3) is 31.6. The van der Waals surface area contributed by atoms with Crippen LogP contribution in [0.4, 0.5) is 0 Å². The molecule has 0 saturated heterocycles. The van der Waals surface area contributed by atoms with E-state index in [4.69, 9.17) is 5.11 Å². The molecule has 0 aliphatic carbocycles. The lowest BCUT2D eigenvalue weighted by atomic mass is 10.8. The Bertz CT molecular complexity index is 201. The number of rotatable bonds is 3. The maximum absolute atomic E-state index is 10.2. The standard InChI is InChI=1S/C3H9N.C3H8O5S.CH5N/c1-4(2)3;1-3(4)8-9(5,6)7-2;1-2/h1-3H3;3-4H,1-2H3;2H2,1H3. The molecule has 0 aromatic heterocycles. The Morgan fingerprint density at radius 2 is 1.53 bits per heavy atom. The predicted molar refractivity (Wildman–Crippen MR) is 58.4 cm³/mol. The quantitative estimate of drug-likeness (QED) is 0.615. The second-order valence-electron chi connectivity index (χ2n) is 2.61. The highest BCUT2D eigenvalue weighted by molar-refractivity contribution is 7.81. The molecule has 0 bridgehead atoms. The Kier molecular flexibility index (Phi) is 15.9. The van der Waals surface area contributed by atoms with Gasteiger partial charge in [-0.1, -0.05) is 0 Å². The molecule has 0 aliphatic heterocycles. The van der Waals surface area contributed by atoms with Gasteiger partial charge in [-0.05, 0) is 35.1 Å². The van der Waals surface area contributed by atoms with E-state index in [0.29, 0.717) is 0 Å². The van der Waals surface area contributed by atoms with Crippen LogP contribution in [0.25, 0.3) is 0 Å². The predicted octanol–water partition coefficient (Wildman–Crippen LogP) is -1.01. The average Bonchev–Trinajstić information content (AvgIpc) is 2.05.